The standard InChI is InChI=1S/C16H11FN2O2/c17-12-6-8-13(9-7-12)18-15(20)14-10-21-16(19-14)11-4-2-1-3-5-11/h1-10H,(H,18,20). The van der Waals surface area contributed by atoms with Crippen molar-refractivity contribution in [1.29, 1.82) is 0 Å². The molecule has 0 radical (unpaired) electrons. The van der Waals surface area contributed by atoms with Crippen molar-refractivity contribution in [2.75, 3.05) is 5.32 Å². The molecule has 3 aromatic rings. The number of benzene rings is 2. The number of anilines is 1. The summed E-state index contributed by atoms with van der Waals surface area (Å²) in [5.74, 6) is -0.395. The van der Waals surface area contributed by atoms with Gasteiger partial charge in [-0.25, -0.2) is 9.37 Å². The SMILES string of the molecule is O=C(Nc1ccc(F)cc1)c1coc(-c2ccccc2)n1. The highest BCUT2D eigenvalue weighted by molar-refractivity contribution is 6.02. The first-order chi connectivity index (χ1) is 10.2. The van der Waals surface area contributed by atoms with Gasteiger partial charge in [0.05, 0.1) is 0 Å². The van der Waals surface area contributed by atoms with Crippen molar-refractivity contribution in [3.8, 4) is 11.5 Å². The van der Waals surface area contributed by atoms with E-state index < -0.39 is 5.91 Å². The fraction of sp³-hybridized carbons (Fsp3) is 0. The van der Waals surface area contributed by atoms with Crippen LogP contribution in [-0.2, 0) is 0 Å². The fourth-order valence-electron chi connectivity index (χ4n) is 1.82. The molecule has 104 valence electrons. The van der Waals surface area contributed by atoms with Gasteiger partial charge < -0.3 is 9.73 Å². The molecule has 0 aliphatic heterocycles. The molecular formula is C16H11FN2O2. The molecule has 1 heterocycles. The Hall–Kier alpha value is -2.95. The van der Waals surface area contributed by atoms with Gasteiger partial charge in [-0.2, -0.15) is 0 Å². The number of rotatable bonds is 3. The largest absolute Gasteiger partial charge is 0.444 e. The molecular weight excluding hydrogens is 271 g/mol. The van der Waals surface area contributed by atoms with Crippen LogP contribution in [-0.4, -0.2) is 10.9 Å². The van der Waals surface area contributed by atoms with Crippen LogP contribution in [0.5, 0.6) is 0 Å². The number of oxazole rings is 1. The highest BCUT2D eigenvalue weighted by Crippen LogP contribution is 2.18. The Morgan fingerprint density at radius 1 is 1.05 bits per heavy atom. The van der Waals surface area contributed by atoms with E-state index in [1.54, 1.807) is 0 Å². The minimum atomic E-state index is -0.410. The number of aromatic nitrogens is 1. The number of hydrogen-bond donors (Lipinski definition) is 1. The van der Waals surface area contributed by atoms with E-state index in [-0.39, 0.29) is 11.5 Å². The molecule has 0 bridgehead atoms. The Morgan fingerprint density at radius 2 is 1.76 bits per heavy atom. The molecule has 0 atom stereocenters. The quantitative estimate of drug-likeness (QED) is 0.796. The third-order valence-electron chi connectivity index (χ3n) is 2.86. The van der Waals surface area contributed by atoms with Gasteiger partial charge in [0.25, 0.3) is 5.91 Å². The molecule has 2 aromatic carbocycles. The molecule has 0 spiro atoms. The summed E-state index contributed by atoms with van der Waals surface area (Å²) in [6.07, 6.45) is 1.29. The van der Waals surface area contributed by atoms with Crippen LogP contribution in [0.2, 0.25) is 0 Å². The highest BCUT2D eigenvalue weighted by Gasteiger charge is 2.13. The van der Waals surface area contributed by atoms with Crippen LogP contribution >= 0.6 is 0 Å². The second-order valence-electron chi connectivity index (χ2n) is 4.36. The lowest BCUT2D eigenvalue weighted by Crippen LogP contribution is -2.12. The Kier molecular flexibility index (Phi) is 3.47. The van der Waals surface area contributed by atoms with Gasteiger partial charge in [-0.05, 0) is 36.4 Å². The average molecular weight is 282 g/mol. The Morgan fingerprint density at radius 3 is 2.48 bits per heavy atom. The van der Waals surface area contributed by atoms with Crippen LogP contribution in [0.4, 0.5) is 10.1 Å². The van der Waals surface area contributed by atoms with Gasteiger partial charge in [0, 0.05) is 11.3 Å². The molecule has 0 aliphatic rings. The lowest BCUT2D eigenvalue weighted by Gasteiger charge is -2.01. The number of amides is 1. The zero-order chi connectivity index (χ0) is 14.7. The summed E-state index contributed by atoms with van der Waals surface area (Å²) < 4.78 is 18.1. The first-order valence-corrected chi connectivity index (χ1v) is 6.30. The van der Waals surface area contributed by atoms with Gasteiger partial charge in [0.15, 0.2) is 5.69 Å². The van der Waals surface area contributed by atoms with E-state index in [0.29, 0.717) is 11.6 Å². The third kappa shape index (κ3) is 2.97. The van der Waals surface area contributed by atoms with Gasteiger partial charge >= 0.3 is 0 Å². The van der Waals surface area contributed by atoms with E-state index in [4.69, 9.17) is 4.42 Å². The van der Waals surface area contributed by atoms with E-state index in [1.165, 1.54) is 30.5 Å². The molecule has 4 nitrogen and oxygen atoms in total. The van der Waals surface area contributed by atoms with Crippen LogP contribution in [0.15, 0.2) is 65.3 Å². The number of nitrogens with one attached hydrogen (secondary N) is 1. The second-order valence-corrected chi connectivity index (χ2v) is 4.36. The van der Waals surface area contributed by atoms with Crippen molar-refractivity contribution in [3.63, 3.8) is 0 Å². The van der Waals surface area contributed by atoms with Gasteiger partial charge in [-0.15, -0.1) is 0 Å². The van der Waals surface area contributed by atoms with E-state index in [2.05, 4.69) is 10.3 Å². The van der Waals surface area contributed by atoms with E-state index in [1.807, 2.05) is 30.3 Å². The van der Waals surface area contributed by atoms with E-state index in [0.717, 1.165) is 5.56 Å². The van der Waals surface area contributed by atoms with Crippen molar-refractivity contribution >= 4 is 11.6 Å². The molecule has 1 N–H and O–H groups in total. The summed E-state index contributed by atoms with van der Waals surface area (Å²) in [6.45, 7) is 0. The number of hydrogen-bond acceptors (Lipinski definition) is 3. The maximum atomic E-state index is 12.8. The van der Waals surface area contributed by atoms with E-state index in [9.17, 15) is 9.18 Å². The first-order valence-electron chi connectivity index (χ1n) is 6.30. The number of carbonyl (C=O) groups is 1. The topological polar surface area (TPSA) is 55.1 Å². The fourth-order valence-corrected chi connectivity index (χ4v) is 1.82. The molecule has 1 aromatic heterocycles. The summed E-state index contributed by atoms with van der Waals surface area (Å²) in [5.41, 5.74) is 1.45. The molecule has 0 saturated carbocycles. The maximum Gasteiger partial charge on any atom is 0.277 e. The molecule has 21 heavy (non-hydrogen) atoms. The Balaban J connectivity index is 1.77. The van der Waals surface area contributed by atoms with Crippen molar-refractivity contribution in [3.05, 3.63) is 72.4 Å². The first kappa shape index (κ1) is 13.1. The smallest absolute Gasteiger partial charge is 0.277 e. The predicted molar refractivity (Wildman–Crippen MR) is 76.3 cm³/mol. The minimum Gasteiger partial charge on any atom is -0.444 e. The van der Waals surface area contributed by atoms with E-state index >= 15 is 0 Å². The average Bonchev–Trinajstić information content (AvgIpc) is 3.00. The predicted octanol–water partition coefficient (Wildman–Crippen LogP) is 3.73. The van der Waals surface area contributed by atoms with Crippen molar-refractivity contribution in [2.45, 2.75) is 0 Å². The highest BCUT2D eigenvalue weighted by atomic mass is 19.1. The number of carbonyl (C=O) groups excluding carboxylic acids is 1. The molecule has 5 heteroatoms. The van der Waals surface area contributed by atoms with Crippen molar-refractivity contribution in [2.24, 2.45) is 0 Å². The lowest BCUT2D eigenvalue weighted by molar-refractivity contribution is 0.102. The van der Waals surface area contributed by atoms with Gasteiger partial charge in [-0.3, -0.25) is 4.79 Å². The second kappa shape index (κ2) is 5.58. The van der Waals surface area contributed by atoms with Gasteiger partial charge in [0.1, 0.15) is 12.1 Å². The third-order valence-corrected chi connectivity index (χ3v) is 2.86. The summed E-state index contributed by atoms with van der Waals surface area (Å²) >= 11 is 0. The molecule has 3 rings (SSSR count). The number of nitrogens with zero attached hydrogens (tertiary/aromatic N) is 1. The Bertz CT molecular complexity index is 751. The molecule has 1 amide bonds. The summed E-state index contributed by atoms with van der Waals surface area (Å²) in [4.78, 5) is 16.2. The van der Waals surface area contributed by atoms with Crippen LogP contribution in [0.1, 0.15) is 10.5 Å². The zero-order valence-electron chi connectivity index (χ0n) is 10.9. The summed E-state index contributed by atoms with van der Waals surface area (Å²) in [7, 11) is 0. The number of halogens is 1. The van der Waals surface area contributed by atoms with Crippen LogP contribution < -0.4 is 5.32 Å². The summed E-state index contributed by atoms with van der Waals surface area (Å²) in [5, 5.41) is 2.62. The minimum absolute atomic E-state index is 0.165. The molecule has 0 unspecified atom stereocenters. The molecule has 0 aliphatic carbocycles. The monoisotopic (exact) mass is 282 g/mol. The van der Waals surface area contributed by atoms with Crippen LogP contribution in [0.25, 0.3) is 11.5 Å². The van der Waals surface area contributed by atoms with Crippen LogP contribution in [0, 0.1) is 5.82 Å². The lowest BCUT2D eigenvalue weighted by atomic mass is 10.2. The summed E-state index contributed by atoms with van der Waals surface area (Å²) in [6, 6.07) is 14.8. The maximum absolute atomic E-state index is 12.8. The van der Waals surface area contributed by atoms with Gasteiger partial charge in [0.2, 0.25) is 5.89 Å². The van der Waals surface area contributed by atoms with Gasteiger partial charge in [-0.1, -0.05) is 18.2 Å². The normalized spacial score (nSPS) is 10.3. The molecule has 0 saturated heterocycles. The van der Waals surface area contributed by atoms with Crippen molar-refractivity contribution < 1.29 is 13.6 Å². The van der Waals surface area contributed by atoms with Crippen molar-refractivity contribution in [1.82, 2.24) is 4.98 Å². The molecule has 0 fully saturated rings. The Labute approximate surface area is 120 Å². The van der Waals surface area contributed by atoms with Crippen LogP contribution in [0.3, 0.4) is 0 Å². The zero-order valence-corrected chi connectivity index (χ0v) is 10.9.